The number of benzene rings is 2. The lowest BCUT2D eigenvalue weighted by Gasteiger charge is -2.30. The Kier molecular flexibility index (Phi) is 6.62. The van der Waals surface area contributed by atoms with Crippen LogP contribution < -0.4 is 5.32 Å². The Morgan fingerprint density at radius 2 is 1.93 bits per heavy atom. The van der Waals surface area contributed by atoms with Crippen LogP contribution in [0.3, 0.4) is 0 Å². The molecule has 148 valence electrons. The van der Waals surface area contributed by atoms with Crippen LogP contribution >= 0.6 is 23.4 Å². The van der Waals surface area contributed by atoms with Crippen LogP contribution in [0.25, 0.3) is 0 Å². The Balaban J connectivity index is 1.96. The molecule has 0 radical (unpaired) electrons. The summed E-state index contributed by atoms with van der Waals surface area (Å²) in [6.07, 6.45) is 0.797. The van der Waals surface area contributed by atoms with Gasteiger partial charge >= 0.3 is 0 Å². The Hall–Kier alpha value is -2.05. The standard InChI is InChI=1S/C21H22ClFN2O2S/c1-3-13(2)24-19(26)18-12-28-21(14-8-10-15(23)11-9-14)25(18)20(27)16-6-4-5-7-17(16)22/h4-11,13,18,21H,3,12H2,1-2H3,(H,24,26)/t13-,18+,21+/m0/s1. The maximum absolute atomic E-state index is 13.4. The van der Waals surface area contributed by atoms with Crippen LogP contribution in [-0.4, -0.2) is 34.6 Å². The second-order valence-corrected chi connectivity index (χ2v) is 8.28. The Morgan fingerprint density at radius 3 is 2.57 bits per heavy atom. The molecule has 0 saturated carbocycles. The second kappa shape index (κ2) is 8.97. The van der Waals surface area contributed by atoms with Gasteiger partial charge in [-0.05, 0) is 43.2 Å². The highest BCUT2D eigenvalue weighted by Gasteiger charge is 2.43. The quantitative estimate of drug-likeness (QED) is 0.765. The first-order valence-corrected chi connectivity index (χ1v) is 10.6. The molecule has 4 nitrogen and oxygen atoms in total. The third-order valence-electron chi connectivity index (χ3n) is 4.80. The first-order chi connectivity index (χ1) is 13.4. The van der Waals surface area contributed by atoms with Crippen molar-refractivity contribution in [3.8, 4) is 0 Å². The minimum absolute atomic E-state index is 0.0136. The third kappa shape index (κ3) is 4.33. The van der Waals surface area contributed by atoms with Crippen molar-refractivity contribution >= 4 is 35.2 Å². The molecule has 1 heterocycles. The maximum Gasteiger partial charge on any atom is 0.257 e. The highest BCUT2D eigenvalue weighted by molar-refractivity contribution is 7.99. The van der Waals surface area contributed by atoms with Gasteiger partial charge in [0.15, 0.2) is 0 Å². The fourth-order valence-electron chi connectivity index (χ4n) is 3.06. The molecular formula is C21H22ClFN2O2S. The number of amides is 2. The molecule has 1 aliphatic rings. The molecule has 1 N–H and O–H groups in total. The van der Waals surface area contributed by atoms with Gasteiger partial charge in [0.25, 0.3) is 5.91 Å². The number of thioether (sulfide) groups is 1. The fourth-order valence-corrected chi connectivity index (χ4v) is 4.70. The molecule has 0 unspecified atom stereocenters. The van der Waals surface area contributed by atoms with Gasteiger partial charge in [0.05, 0.1) is 10.6 Å². The Bertz CT molecular complexity index is 862. The summed E-state index contributed by atoms with van der Waals surface area (Å²) in [5, 5.41) is 2.91. The van der Waals surface area contributed by atoms with Gasteiger partial charge in [-0.1, -0.05) is 42.8 Å². The van der Waals surface area contributed by atoms with E-state index in [1.54, 1.807) is 41.3 Å². The van der Waals surface area contributed by atoms with Gasteiger partial charge in [0.2, 0.25) is 5.91 Å². The fraction of sp³-hybridized carbons (Fsp3) is 0.333. The number of carbonyl (C=O) groups excluding carboxylic acids is 2. The highest BCUT2D eigenvalue weighted by atomic mass is 35.5. The Morgan fingerprint density at radius 1 is 1.25 bits per heavy atom. The van der Waals surface area contributed by atoms with Crippen LogP contribution in [-0.2, 0) is 4.79 Å². The molecule has 2 aromatic rings. The van der Waals surface area contributed by atoms with Crippen molar-refractivity contribution in [2.45, 2.75) is 37.7 Å². The lowest BCUT2D eigenvalue weighted by molar-refractivity contribution is -0.125. The van der Waals surface area contributed by atoms with Gasteiger partial charge < -0.3 is 10.2 Å². The van der Waals surface area contributed by atoms with Gasteiger partial charge in [-0.25, -0.2) is 4.39 Å². The van der Waals surface area contributed by atoms with Crippen molar-refractivity contribution in [1.29, 1.82) is 0 Å². The summed E-state index contributed by atoms with van der Waals surface area (Å²) < 4.78 is 13.4. The minimum atomic E-state index is -0.627. The SMILES string of the molecule is CC[C@H](C)NC(=O)[C@H]1CS[C@H](c2ccc(F)cc2)N1C(=O)c1ccccc1Cl. The van der Waals surface area contributed by atoms with Crippen LogP contribution in [0.4, 0.5) is 4.39 Å². The molecule has 2 amide bonds. The van der Waals surface area contributed by atoms with E-state index in [1.165, 1.54) is 23.9 Å². The number of halogens is 2. The van der Waals surface area contributed by atoms with Gasteiger partial charge in [0.1, 0.15) is 17.2 Å². The molecule has 0 spiro atoms. The summed E-state index contributed by atoms with van der Waals surface area (Å²) in [5.74, 6) is -0.386. The summed E-state index contributed by atoms with van der Waals surface area (Å²) >= 11 is 7.73. The van der Waals surface area contributed by atoms with Crippen molar-refractivity contribution in [1.82, 2.24) is 10.2 Å². The molecule has 3 rings (SSSR count). The van der Waals surface area contributed by atoms with Crippen molar-refractivity contribution in [3.05, 3.63) is 70.5 Å². The third-order valence-corrected chi connectivity index (χ3v) is 6.45. The highest BCUT2D eigenvalue weighted by Crippen LogP contribution is 2.42. The van der Waals surface area contributed by atoms with Crippen LogP contribution in [0.1, 0.15) is 41.6 Å². The van der Waals surface area contributed by atoms with Crippen LogP contribution in [0.5, 0.6) is 0 Å². The second-order valence-electron chi connectivity index (χ2n) is 6.76. The van der Waals surface area contributed by atoms with Gasteiger partial charge in [-0.2, -0.15) is 0 Å². The van der Waals surface area contributed by atoms with E-state index in [0.717, 1.165) is 12.0 Å². The molecule has 7 heteroatoms. The van der Waals surface area contributed by atoms with Crippen LogP contribution in [0.15, 0.2) is 48.5 Å². The summed E-state index contributed by atoms with van der Waals surface area (Å²) in [6, 6.07) is 12.2. The number of hydrogen-bond acceptors (Lipinski definition) is 3. The Labute approximate surface area is 173 Å². The lowest BCUT2D eigenvalue weighted by Crippen LogP contribution is -2.49. The zero-order valence-corrected chi connectivity index (χ0v) is 17.3. The van der Waals surface area contributed by atoms with Gasteiger partial charge in [-0.3, -0.25) is 9.59 Å². The van der Waals surface area contributed by atoms with E-state index in [-0.39, 0.29) is 23.7 Å². The molecular weight excluding hydrogens is 399 g/mol. The van der Waals surface area contributed by atoms with Crippen molar-refractivity contribution in [2.24, 2.45) is 0 Å². The number of rotatable bonds is 5. The minimum Gasteiger partial charge on any atom is -0.352 e. The molecule has 1 aliphatic heterocycles. The average molecular weight is 421 g/mol. The van der Waals surface area contributed by atoms with Crippen LogP contribution in [0.2, 0.25) is 5.02 Å². The predicted octanol–water partition coefficient (Wildman–Crippen LogP) is 4.65. The monoisotopic (exact) mass is 420 g/mol. The van der Waals surface area contributed by atoms with E-state index in [2.05, 4.69) is 5.32 Å². The summed E-state index contributed by atoms with van der Waals surface area (Å²) in [6.45, 7) is 3.92. The van der Waals surface area contributed by atoms with E-state index in [1.807, 2.05) is 13.8 Å². The van der Waals surface area contributed by atoms with Crippen LogP contribution in [0, 0.1) is 5.82 Å². The van der Waals surface area contributed by atoms with Crippen molar-refractivity contribution < 1.29 is 14.0 Å². The predicted molar refractivity (Wildman–Crippen MR) is 111 cm³/mol. The van der Waals surface area contributed by atoms with Gasteiger partial charge in [0, 0.05) is 11.8 Å². The van der Waals surface area contributed by atoms with E-state index in [0.29, 0.717) is 16.3 Å². The summed E-state index contributed by atoms with van der Waals surface area (Å²) in [7, 11) is 0. The van der Waals surface area contributed by atoms with E-state index < -0.39 is 11.4 Å². The molecule has 3 atom stereocenters. The smallest absolute Gasteiger partial charge is 0.257 e. The largest absolute Gasteiger partial charge is 0.352 e. The van der Waals surface area contributed by atoms with E-state index >= 15 is 0 Å². The number of hydrogen-bond donors (Lipinski definition) is 1. The zero-order valence-electron chi connectivity index (χ0n) is 15.7. The summed E-state index contributed by atoms with van der Waals surface area (Å²) in [5.41, 5.74) is 1.12. The lowest BCUT2D eigenvalue weighted by atomic mass is 10.1. The average Bonchev–Trinajstić information content (AvgIpc) is 3.13. The van der Waals surface area contributed by atoms with Crippen molar-refractivity contribution in [3.63, 3.8) is 0 Å². The first kappa shape index (κ1) is 20.7. The zero-order chi connectivity index (χ0) is 20.3. The number of nitrogens with one attached hydrogen (secondary N) is 1. The number of nitrogens with zero attached hydrogens (tertiary/aromatic N) is 1. The molecule has 0 aliphatic carbocycles. The van der Waals surface area contributed by atoms with Crippen molar-refractivity contribution in [2.75, 3.05) is 5.75 Å². The topological polar surface area (TPSA) is 49.4 Å². The molecule has 2 aromatic carbocycles. The van der Waals surface area contributed by atoms with E-state index in [4.69, 9.17) is 11.6 Å². The normalized spacial score (nSPS) is 20.1. The molecule has 0 bridgehead atoms. The first-order valence-electron chi connectivity index (χ1n) is 9.17. The molecule has 0 aromatic heterocycles. The molecule has 1 saturated heterocycles. The molecule has 1 fully saturated rings. The van der Waals surface area contributed by atoms with E-state index in [9.17, 15) is 14.0 Å². The molecule has 28 heavy (non-hydrogen) atoms. The summed E-state index contributed by atoms with van der Waals surface area (Å²) in [4.78, 5) is 27.8. The van der Waals surface area contributed by atoms with Gasteiger partial charge in [-0.15, -0.1) is 11.8 Å². The number of carbonyl (C=O) groups is 2. The maximum atomic E-state index is 13.4.